The van der Waals surface area contributed by atoms with Crippen LogP contribution in [0.2, 0.25) is 0 Å². The number of rotatable bonds is 4. The average Bonchev–Trinajstić information content (AvgIpc) is 2.89. The molecule has 1 aliphatic rings. The van der Waals surface area contributed by atoms with Gasteiger partial charge in [-0.15, -0.1) is 11.6 Å². The molecular weight excluding hydrogens is 362 g/mol. The van der Waals surface area contributed by atoms with E-state index in [1.807, 2.05) is 6.07 Å². The Morgan fingerprint density at radius 3 is 2.70 bits per heavy atom. The van der Waals surface area contributed by atoms with E-state index in [9.17, 15) is 8.42 Å². The van der Waals surface area contributed by atoms with Crippen LogP contribution in [-0.2, 0) is 15.9 Å². The monoisotopic (exact) mass is 379 g/mol. The second-order valence-corrected chi connectivity index (χ2v) is 8.58. The summed E-state index contributed by atoms with van der Waals surface area (Å²) in [5.41, 5.74) is 0.813. The zero-order chi connectivity index (χ0) is 14.9. The number of sulfonamides is 1. The quantitative estimate of drug-likeness (QED) is 0.744. The first-order valence-corrected chi connectivity index (χ1v) is 9.47. The van der Waals surface area contributed by atoms with Crippen molar-refractivity contribution >= 4 is 37.6 Å². The molecule has 6 heteroatoms. The van der Waals surface area contributed by atoms with Crippen molar-refractivity contribution < 1.29 is 8.42 Å². The highest BCUT2D eigenvalue weighted by Crippen LogP contribution is 2.32. The molecule has 1 unspecified atom stereocenters. The maximum absolute atomic E-state index is 12.7. The molecular formula is C14H19BrClNO2S. The first-order valence-electron chi connectivity index (χ1n) is 6.70. The highest BCUT2D eigenvalue weighted by atomic mass is 79.9. The number of benzene rings is 1. The highest BCUT2D eigenvalue weighted by molar-refractivity contribution is 9.10. The zero-order valence-electron chi connectivity index (χ0n) is 11.6. The smallest absolute Gasteiger partial charge is 0.207 e. The van der Waals surface area contributed by atoms with Gasteiger partial charge >= 0.3 is 0 Å². The van der Waals surface area contributed by atoms with Crippen LogP contribution in [0.25, 0.3) is 0 Å². The number of alkyl halides is 1. The molecule has 1 aromatic carbocycles. The van der Waals surface area contributed by atoms with Crippen molar-refractivity contribution in [3.63, 3.8) is 0 Å². The molecule has 0 spiro atoms. The summed E-state index contributed by atoms with van der Waals surface area (Å²) in [4.78, 5) is 0.319. The standard InChI is InChI=1S/C14H19BrClNO2S/c1-10(2)12-5-6-17(9-12)20(18,19)14-7-11(8-16)3-4-13(14)15/h3-4,7,10,12H,5-6,8-9H2,1-2H3. The van der Waals surface area contributed by atoms with Crippen molar-refractivity contribution in [1.29, 1.82) is 0 Å². The van der Waals surface area contributed by atoms with Gasteiger partial charge in [0.25, 0.3) is 0 Å². The molecule has 112 valence electrons. The van der Waals surface area contributed by atoms with Gasteiger partial charge in [0.2, 0.25) is 10.0 Å². The van der Waals surface area contributed by atoms with Gasteiger partial charge in [0.05, 0.1) is 4.90 Å². The Labute approximate surface area is 134 Å². The molecule has 1 fully saturated rings. The number of hydrogen-bond acceptors (Lipinski definition) is 2. The summed E-state index contributed by atoms with van der Waals surface area (Å²) in [7, 11) is -3.44. The van der Waals surface area contributed by atoms with Gasteiger partial charge in [-0.1, -0.05) is 19.9 Å². The summed E-state index contributed by atoms with van der Waals surface area (Å²) in [6.07, 6.45) is 0.934. The third-order valence-electron chi connectivity index (χ3n) is 3.90. The minimum absolute atomic E-state index is 0.310. The van der Waals surface area contributed by atoms with Gasteiger partial charge in [-0.2, -0.15) is 4.31 Å². The minimum Gasteiger partial charge on any atom is -0.207 e. The summed E-state index contributed by atoms with van der Waals surface area (Å²) in [6.45, 7) is 5.50. The van der Waals surface area contributed by atoms with E-state index < -0.39 is 10.0 Å². The van der Waals surface area contributed by atoms with E-state index in [0.717, 1.165) is 12.0 Å². The Bertz CT molecular complexity index is 589. The molecule has 1 atom stereocenters. The molecule has 0 saturated carbocycles. The molecule has 0 radical (unpaired) electrons. The summed E-state index contributed by atoms with van der Waals surface area (Å²) < 4.78 is 27.7. The first kappa shape index (κ1) is 16.3. The fourth-order valence-corrected chi connectivity index (χ4v) is 5.14. The average molecular weight is 381 g/mol. The Morgan fingerprint density at radius 1 is 1.45 bits per heavy atom. The molecule has 0 N–H and O–H groups in total. The van der Waals surface area contributed by atoms with Gasteiger partial charge in [0.15, 0.2) is 0 Å². The van der Waals surface area contributed by atoms with E-state index in [0.29, 0.717) is 40.2 Å². The molecule has 20 heavy (non-hydrogen) atoms. The van der Waals surface area contributed by atoms with Gasteiger partial charge in [0, 0.05) is 23.4 Å². The minimum atomic E-state index is -3.44. The molecule has 1 heterocycles. The lowest BCUT2D eigenvalue weighted by molar-refractivity contribution is 0.388. The normalized spacial score (nSPS) is 20.8. The maximum atomic E-state index is 12.7. The maximum Gasteiger partial charge on any atom is 0.244 e. The largest absolute Gasteiger partial charge is 0.244 e. The van der Waals surface area contributed by atoms with Crippen LogP contribution in [0.3, 0.4) is 0 Å². The van der Waals surface area contributed by atoms with Gasteiger partial charge in [-0.25, -0.2) is 8.42 Å². The van der Waals surface area contributed by atoms with Crippen molar-refractivity contribution in [2.24, 2.45) is 11.8 Å². The topological polar surface area (TPSA) is 37.4 Å². The van der Waals surface area contributed by atoms with Crippen LogP contribution in [0.15, 0.2) is 27.6 Å². The summed E-state index contributed by atoms with van der Waals surface area (Å²) >= 11 is 9.14. The van der Waals surface area contributed by atoms with Crippen molar-refractivity contribution in [1.82, 2.24) is 4.31 Å². The Balaban J connectivity index is 2.32. The third-order valence-corrected chi connectivity index (χ3v) is 7.07. The molecule has 0 aromatic heterocycles. The predicted molar refractivity (Wildman–Crippen MR) is 85.4 cm³/mol. The second-order valence-electron chi connectivity index (χ2n) is 5.55. The molecule has 0 bridgehead atoms. The molecule has 1 saturated heterocycles. The van der Waals surface area contributed by atoms with Gasteiger partial charge in [-0.3, -0.25) is 0 Å². The molecule has 1 aliphatic heterocycles. The van der Waals surface area contributed by atoms with Crippen molar-refractivity contribution in [3.8, 4) is 0 Å². The fraction of sp³-hybridized carbons (Fsp3) is 0.571. The fourth-order valence-electron chi connectivity index (χ4n) is 2.48. The van der Waals surface area contributed by atoms with Crippen LogP contribution in [-0.4, -0.2) is 25.8 Å². The Kier molecular flexibility index (Phi) is 5.16. The lowest BCUT2D eigenvalue weighted by Crippen LogP contribution is -2.29. The van der Waals surface area contributed by atoms with Crippen molar-refractivity contribution in [3.05, 3.63) is 28.2 Å². The zero-order valence-corrected chi connectivity index (χ0v) is 14.8. The molecule has 3 nitrogen and oxygen atoms in total. The predicted octanol–water partition coefficient (Wildman–Crippen LogP) is 3.85. The Morgan fingerprint density at radius 2 is 2.15 bits per heavy atom. The summed E-state index contributed by atoms with van der Waals surface area (Å²) in [6, 6.07) is 5.24. The van der Waals surface area contributed by atoms with Crippen LogP contribution in [0.1, 0.15) is 25.8 Å². The third kappa shape index (κ3) is 3.21. The van der Waals surface area contributed by atoms with Crippen LogP contribution < -0.4 is 0 Å². The van der Waals surface area contributed by atoms with Crippen LogP contribution in [0.4, 0.5) is 0 Å². The van der Waals surface area contributed by atoms with E-state index >= 15 is 0 Å². The first-order chi connectivity index (χ1) is 9.36. The summed E-state index contributed by atoms with van der Waals surface area (Å²) in [5.74, 6) is 1.26. The Hall–Kier alpha value is -0.100. The van der Waals surface area contributed by atoms with Crippen LogP contribution >= 0.6 is 27.5 Å². The molecule has 1 aromatic rings. The summed E-state index contributed by atoms with van der Waals surface area (Å²) in [5, 5.41) is 0. The molecule has 0 aliphatic carbocycles. The SMILES string of the molecule is CC(C)C1CCN(S(=O)(=O)c2cc(CCl)ccc2Br)C1. The lowest BCUT2D eigenvalue weighted by atomic mass is 9.96. The lowest BCUT2D eigenvalue weighted by Gasteiger charge is -2.19. The molecule has 0 amide bonds. The van der Waals surface area contributed by atoms with E-state index in [1.165, 1.54) is 0 Å². The second kappa shape index (κ2) is 6.34. The highest BCUT2D eigenvalue weighted by Gasteiger charge is 2.34. The van der Waals surface area contributed by atoms with Gasteiger partial charge < -0.3 is 0 Å². The van der Waals surface area contributed by atoms with Gasteiger partial charge in [-0.05, 0) is 51.9 Å². The van der Waals surface area contributed by atoms with Crippen molar-refractivity contribution in [2.45, 2.75) is 31.0 Å². The van der Waals surface area contributed by atoms with E-state index in [4.69, 9.17) is 11.6 Å². The number of halogens is 2. The molecule has 2 rings (SSSR count). The van der Waals surface area contributed by atoms with E-state index in [-0.39, 0.29) is 0 Å². The van der Waals surface area contributed by atoms with E-state index in [1.54, 1.807) is 16.4 Å². The number of nitrogens with zero attached hydrogens (tertiary/aromatic N) is 1. The van der Waals surface area contributed by atoms with Gasteiger partial charge in [0.1, 0.15) is 0 Å². The van der Waals surface area contributed by atoms with Crippen LogP contribution in [0, 0.1) is 11.8 Å². The van der Waals surface area contributed by atoms with Crippen LogP contribution in [0.5, 0.6) is 0 Å². The number of hydrogen-bond donors (Lipinski definition) is 0. The van der Waals surface area contributed by atoms with Crippen molar-refractivity contribution in [2.75, 3.05) is 13.1 Å². The van der Waals surface area contributed by atoms with E-state index in [2.05, 4.69) is 29.8 Å².